The van der Waals surface area contributed by atoms with Crippen LogP contribution in [0.25, 0.3) is 0 Å². The van der Waals surface area contributed by atoms with E-state index in [0.29, 0.717) is 0 Å². The fourth-order valence-corrected chi connectivity index (χ4v) is 2.85. The van der Waals surface area contributed by atoms with Crippen LogP contribution < -0.4 is 5.32 Å². The Labute approximate surface area is 108 Å². The van der Waals surface area contributed by atoms with Gasteiger partial charge in [0.1, 0.15) is 0 Å². The molecule has 0 amide bonds. The first-order valence-electron chi connectivity index (χ1n) is 5.92. The number of hydrogen-bond donors (Lipinski definition) is 1. The van der Waals surface area contributed by atoms with Crippen LogP contribution in [0, 0.1) is 0 Å². The minimum absolute atomic E-state index is 1.08. The van der Waals surface area contributed by atoms with Gasteiger partial charge in [0.15, 0.2) is 0 Å². The number of anilines is 1. The topological polar surface area (TPSA) is 12.0 Å². The second-order valence-electron chi connectivity index (χ2n) is 3.41. The summed E-state index contributed by atoms with van der Waals surface area (Å²) in [6.07, 6.45) is 1.24. The molecule has 0 aliphatic carbocycles. The summed E-state index contributed by atoms with van der Waals surface area (Å²) in [6.45, 7) is 5.49. The van der Waals surface area contributed by atoms with Crippen LogP contribution in [0.1, 0.15) is 20.3 Å². The quantitative estimate of drug-likeness (QED) is 0.548. The number of para-hydroxylation sites is 1. The van der Waals surface area contributed by atoms with Crippen LogP contribution in [0.3, 0.4) is 0 Å². The van der Waals surface area contributed by atoms with Crippen LogP contribution in [0.5, 0.6) is 0 Å². The monoisotopic (exact) mass is 255 g/mol. The van der Waals surface area contributed by atoms with Crippen molar-refractivity contribution in [2.75, 3.05) is 29.1 Å². The molecule has 0 atom stereocenters. The normalized spacial score (nSPS) is 10.4. The van der Waals surface area contributed by atoms with Gasteiger partial charge < -0.3 is 5.32 Å². The van der Waals surface area contributed by atoms with E-state index in [1.807, 2.05) is 23.5 Å². The standard InChI is InChI=1S/C13H21NS2/c1-3-15-11-7-10-14-12-8-5-6-9-13(12)16-4-2/h5-6,8-9,14H,3-4,7,10-11H2,1-2H3. The molecule has 1 N–H and O–H groups in total. The minimum Gasteiger partial charge on any atom is -0.384 e. The molecule has 16 heavy (non-hydrogen) atoms. The molecule has 0 fully saturated rings. The minimum atomic E-state index is 1.08. The Bertz CT molecular complexity index is 289. The van der Waals surface area contributed by atoms with Gasteiger partial charge in [0.25, 0.3) is 0 Å². The molecule has 0 saturated carbocycles. The van der Waals surface area contributed by atoms with Gasteiger partial charge in [-0.25, -0.2) is 0 Å². The SMILES string of the molecule is CCSCCCNc1ccccc1SCC. The molecule has 1 rings (SSSR count). The van der Waals surface area contributed by atoms with Gasteiger partial charge in [-0.15, -0.1) is 11.8 Å². The molecule has 0 aliphatic rings. The summed E-state index contributed by atoms with van der Waals surface area (Å²) in [7, 11) is 0. The molecule has 90 valence electrons. The molecular weight excluding hydrogens is 234 g/mol. The second kappa shape index (κ2) is 8.82. The fourth-order valence-electron chi connectivity index (χ4n) is 1.44. The molecule has 0 unspecified atom stereocenters. The lowest BCUT2D eigenvalue weighted by Crippen LogP contribution is -2.03. The van der Waals surface area contributed by atoms with E-state index in [1.165, 1.54) is 28.5 Å². The average Bonchev–Trinajstić information content (AvgIpc) is 2.31. The van der Waals surface area contributed by atoms with Crippen molar-refractivity contribution < 1.29 is 0 Å². The van der Waals surface area contributed by atoms with Crippen molar-refractivity contribution >= 4 is 29.2 Å². The summed E-state index contributed by atoms with van der Waals surface area (Å²) in [4.78, 5) is 1.37. The predicted octanol–water partition coefficient (Wildman–Crippen LogP) is 4.35. The summed E-state index contributed by atoms with van der Waals surface area (Å²) in [5.41, 5.74) is 1.29. The molecule has 1 aromatic carbocycles. The van der Waals surface area contributed by atoms with Crippen LogP contribution in [-0.2, 0) is 0 Å². The van der Waals surface area contributed by atoms with Gasteiger partial charge in [0, 0.05) is 17.1 Å². The number of nitrogens with one attached hydrogen (secondary N) is 1. The maximum absolute atomic E-state index is 3.52. The van der Waals surface area contributed by atoms with Gasteiger partial charge in [-0.3, -0.25) is 0 Å². The van der Waals surface area contributed by atoms with Gasteiger partial charge in [-0.05, 0) is 35.8 Å². The lowest BCUT2D eigenvalue weighted by molar-refractivity contribution is 0.986. The smallest absolute Gasteiger partial charge is 0.0478 e. The Morgan fingerprint density at radius 2 is 1.94 bits per heavy atom. The largest absolute Gasteiger partial charge is 0.384 e. The number of benzene rings is 1. The zero-order valence-corrected chi connectivity index (χ0v) is 11.8. The van der Waals surface area contributed by atoms with Crippen LogP contribution in [-0.4, -0.2) is 23.8 Å². The molecular formula is C13H21NS2. The molecule has 0 aliphatic heterocycles. The van der Waals surface area contributed by atoms with E-state index in [4.69, 9.17) is 0 Å². The third kappa shape index (κ3) is 5.17. The molecule has 0 spiro atoms. The summed E-state index contributed by atoms with van der Waals surface area (Å²) in [6, 6.07) is 8.57. The molecule has 0 radical (unpaired) electrons. The first-order chi connectivity index (χ1) is 7.88. The first kappa shape index (κ1) is 13.8. The highest BCUT2D eigenvalue weighted by Crippen LogP contribution is 2.26. The molecule has 1 aromatic rings. The molecule has 0 bridgehead atoms. The first-order valence-corrected chi connectivity index (χ1v) is 8.06. The predicted molar refractivity (Wildman–Crippen MR) is 78.9 cm³/mol. The molecule has 0 heterocycles. The van der Waals surface area contributed by atoms with Gasteiger partial charge >= 0.3 is 0 Å². The van der Waals surface area contributed by atoms with Gasteiger partial charge in [-0.1, -0.05) is 26.0 Å². The van der Waals surface area contributed by atoms with Crippen molar-refractivity contribution in [3.05, 3.63) is 24.3 Å². The van der Waals surface area contributed by atoms with Crippen molar-refractivity contribution in [2.24, 2.45) is 0 Å². The van der Waals surface area contributed by atoms with Gasteiger partial charge in [0.05, 0.1) is 0 Å². The van der Waals surface area contributed by atoms with Crippen LogP contribution in [0.2, 0.25) is 0 Å². The summed E-state index contributed by atoms with van der Waals surface area (Å²) < 4.78 is 0. The number of hydrogen-bond acceptors (Lipinski definition) is 3. The van der Waals surface area contributed by atoms with Crippen molar-refractivity contribution in [1.82, 2.24) is 0 Å². The number of rotatable bonds is 8. The van der Waals surface area contributed by atoms with E-state index >= 15 is 0 Å². The molecule has 0 aromatic heterocycles. The average molecular weight is 255 g/mol. The van der Waals surface area contributed by atoms with Crippen molar-refractivity contribution in [3.63, 3.8) is 0 Å². The maximum atomic E-state index is 3.52. The zero-order chi connectivity index (χ0) is 11.6. The van der Waals surface area contributed by atoms with Crippen molar-refractivity contribution in [1.29, 1.82) is 0 Å². The summed E-state index contributed by atoms with van der Waals surface area (Å²) >= 11 is 3.91. The Kier molecular flexibility index (Phi) is 7.60. The molecule has 0 saturated heterocycles. The van der Waals surface area contributed by atoms with E-state index in [-0.39, 0.29) is 0 Å². The third-order valence-electron chi connectivity index (χ3n) is 2.17. The van der Waals surface area contributed by atoms with Crippen LogP contribution >= 0.6 is 23.5 Å². The van der Waals surface area contributed by atoms with E-state index in [1.54, 1.807) is 0 Å². The van der Waals surface area contributed by atoms with E-state index < -0.39 is 0 Å². The van der Waals surface area contributed by atoms with E-state index in [2.05, 4.69) is 43.4 Å². The van der Waals surface area contributed by atoms with E-state index in [0.717, 1.165) is 12.3 Å². The third-order valence-corrected chi connectivity index (χ3v) is 4.11. The highest BCUT2D eigenvalue weighted by molar-refractivity contribution is 7.99. The highest BCUT2D eigenvalue weighted by atomic mass is 32.2. The maximum Gasteiger partial charge on any atom is 0.0478 e. The van der Waals surface area contributed by atoms with E-state index in [9.17, 15) is 0 Å². The van der Waals surface area contributed by atoms with Crippen molar-refractivity contribution in [3.8, 4) is 0 Å². The van der Waals surface area contributed by atoms with Gasteiger partial charge in [0.2, 0.25) is 0 Å². The van der Waals surface area contributed by atoms with Crippen molar-refractivity contribution in [2.45, 2.75) is 25.2 Å². The number of thioether (sulfide) groups is 2. The van der Waals surface area contributed by atoms with Crippen LogP contribution in [0.15, 0.2) is 29.2 Å². The summed E-state index contributed by atoms with van der Waals surface area (Å²) in [5, 5.41) is 3.52. The lowest BCUT2D eigenvalue weighted by Gasteiger charge is -2.10. The van der Waals surface area contributed by atoms with Crippen LogP contribution in [0.4, 0.5) is 5.69 Å². The lowest BCUT2D eigenvalue weighted by atomic mass is 10.3. The summed E-state index contributed by atoms with van der Waals surface area (Å²) in [5.74, 6) is 3.61. The Morgan fingerprint density at radius 3 is 2.69 bits per heavy atom. The molecule has 1 nitrogen and oxygen atoms in total. The Balaban J connectivity index is 2.34. The molecule has 3 heteroatoms. The highest BCUT2D eigenvalue weighted by Gasteiger charge is 1.99. The Morgan fingerprint density at radius 1 is 1.12 bits per heavy atom. The Hall–Kier alpha value is -0.280. The fraction of sp³-hybridized carbons (Fsp3) is 0.538. The second-order valence-corrected chi connectivity index (χ2v) is 6.11. The van der Waals surface area contributed by atoms with Gasteiger partial charge in [-0.2, -0.15) is 11.8 Å². The zero-order valence-electron chi connectivity index (χ0n) is 10.2.